The summed E-state index contributed by atoms with van der Waals surface area (Å²) in [5, 5.41) is 3.53. The van der Waals surface area contributed by atoms with Gasteiger partial charge < -0.3 is 14.6 Å². The van der Waals surface area contributed by atoms with Crippen molar-refractivity contribution in [2.45, 2.75) is 31.8 Å². The molecule has 1 aromatic carbocycles. The Bertz CT molecular complexity index is 558. The minimum Gasteiger partial charge on any atom is -0.497 e. The topological polar surface area (TPSA) is 39.1 Å². The molecule has 0 bridgehead atoms. The van der Waals surface area contributed by atoms with Crippen molar-refractivity contribution in [1.29, 1.82) is 0 Å². The van der Waals surface area contributed by atoms with Crippen LogP contribution < -0.4 is 10.1 Å². The fourth-order valence-electron chi connectivity index (χ4n) is 2.82. The van der Waals surface area contributed by atoms with Crippen molar-refractivity contribution in [3.05, 3.63) is 48.0 Å². The van der Waals surface area contributed by atoms with Gasteiger partial charge in [0.05, 0.1) is 19.1 Å². The van der Waals surface area contributed by atoms with Crippen LogP contribution in [0.3, 0.4) is 0 Å². The van der Waals surface area contributed by atoms with E-state index in [0.717, 1.165) is 25.3 Å². The molecule has 2 aromatic rings. The van der Waals surface area contributed by atoms with Crippen LogP contribution in [-0.4, -0.2) is 23.2 Å². The maximum absolute atomic E-state index is 5.27. The summed E-state index contributed by atoms with van der Waals surface area (Å²) >= 11 is 0. The Hall–Kier alpha value is -1.81. The second-order valence-electron chi connectivity index (χ2n) is 5.26. The molecule has 106 valence electrons. The number of nitrogens with one attached hydrogen (secondary N) is 1. The highest BCUT2D eigenvalue weighted by molar-refractivity contribution is 5.28. The summed E-state index contributed by atoms with van der Waals surface area (Å²) in [6.07, 6.45) is 7.40. The highest BCUT2D eigenvalue weighted by Crippen LogP contribution is 2.23. The van der Waals surface area contributed by atoms with Crippen LogP contribution in [0.1, 0.15) is 30.1 Å². The number of nitrogens with zero attached hydrogens (tertiary/aromatic N) is 2. The minimum absolute atomic E-state index is 0.475. The molecule has 1 saturated heterocycles. The van der Waals surface area contributed by atoms with E-state index in [4.69, 9.17) is 4.74 Å². The van der Waals surface area contributed by atoms with Gasteiger partial charge in [-0.1, -0.05) is 12.1 Å². The van der Waals surface area contributed by atoms with Gasteiger partial charge in [-0.2, -0.15) is 0 Å². The summed E-state index contributed by atoms with van der Waals surface area (Å²) in [4.78, 5) is 4.31. The first-order valence-electron chi connectivity index (χ1n) is 7.23. The van der Waals surface area contributed by atoms with E-state index in [0.29, 0.717) is 6.04 Å². The molecule has 1 atom stereocenters. The molecule has 20 heavy (non-hydrogen) atoms. The number of aryl methyl sites for hydroxylation is 2. The average Bonchev–Trinajstić information content (AvgIpc) is 3.16. The third-order valence-electron chi connectivity index (χ3n) is 3.94. The van der Waals surface area contributed by atoms with E-state index in [-0.39, 0.29) is 0 Å². The van der Waals surface area contributed by atoms with Crippen molar-refractivity contribution in [2.24, 2.45) is 0 Å². The van der Waals surface area contributed by atoms with E-state index in [2.05, 4.69) is 27.0 Å². The summed E-state index contributed by atoms with van der Waals surface area (Å²) < 4.78 is 7.53. The zero-order chi connectivity index (χ0) is 13.8. The van der Waals surface area contributed by atoms with E-state index in [1.807, 2.05) is 24.7 Å². The van der Waals surface area contributed by atoms with Gasteiger partial charge in [0.15, 0.2) is 0 Å². The molecule has 4 heteroatoms. The first-order valence-corrected chi connectivity index (χ1v) is 7.23. The number of hydrogen-bond donors (Lipinski definition) is 1. The third-order valence-corrected chi connectivity index (χ3v) is 3.94. The van der Waals surface area contributed by atoms with E-state index in [1.165, 1.54) is 24.1 Å². The molecule has 3 rings (SSSR count). The first-order chi connectivity index (χ1) is 9.86. The van der Waals surface area contributed by atoms with Crippen molar-refractivity contribution in [1.82, 2.24) is 14.9 Å². The maximum atomic E-state index is 5.27. The molecule has 0 amide bonds. The highest BCUT2D eigenvalue weighted by Gasteiger charge is 2.19. The molecular weight excluding hydrogens is 250 g/mol. The van der Waals surface area contributed by atoms with Crippen molar-refractivity contribution in [3.63, 3.8) is 0 Å². The second kappa shape index (κ2) is 6.09. The molecule has 0 aliphatic carbocycles. The first kappa shape index (κ1) is 13.2. The zero-order valence-corrected chi connectivity index (χ0v) is 11.9. The molecule has 1 aromatic heterocycles. The van der Waals surface area contributed by atoms with Crippen LogP contribution in [0.5, 0.6) is 5.75 Å². The SMILES string of the molecule is COc1cccc(CCn2cncc2C2CCCN2)c1. The quantitative estimate of drug-likeness (QED) is 0.908. The van der Waals surface area contributed by atoms with Gasteiger partial charge in [-0.25, -0.2) is 4.98 Å². The van der Waals surface area contributed by atoms with Crippen LogP contribution in [0.15, 0.2) is 36.8 Å². The number of aromatic nitrogens is 2. The Morgan fingerprint density at radius 1 is 1.45 bits per heavy atom. The lowest BCUT2D eigenvalue weighted by atomic mass is 10.1. The number of rotatable bonds is 5. The maximum Gasteiger partial charge on any atom is 0.119 e. The molecule has 0 spiro atoms. The lowest BCUT2D eigenvalue weighted by molar-refractivity contribution is 0.414. The van der Waals surface area contributed by atoms with Crippen LogP contribution in [-0.2, 0) is 13.0 Å². The second-order valence-corrected chi connectivity index (χ2v) is 5.26. The fraction of sp³-hybridized carbons (Fsp3) is 0.438. The van der Waals surface area contributed by atoms with Gasteiger partial charge in [0.25, 0.3) is 0 Å². The van der Waals surface area contributed by atoms with Gasteiger partial charge in [-0.15, -0.1) is 0 Å². The molecule has 1 aliphatic rings. The van der Waals surface area contributed by atoms with Crippen molar-refractivity contribution >= 4 is 0 Å². The number of benzene rings is 1. The lowest BCUT2D eigenvalue weighted by Crippen LogP contribution is -2.17. The predicted molar refractivity (Wildman–Crippen MR) is 78.9 cm³/mol. The molecular formula is C16H21N3O. The molecule has 1 aliphatic heterocycles. The van der Waals surface area contributed by atoms with Crippen LogP contribution in [0, 0.1) is 0 Å². The van der Waals surface area contributed by atoms with Crippen LogP contribution in [0.4, 0.5) is 0 Å². The van der Waals surface area contributed by atoms with Crippen LogP contribution >= 0.6 is 0 Å². The standard InChI is InChI=1S/C16H21N3O/c1-20-14-5-2-4-13(10-14)7-9-19-12-17-11-16(19)15-6-3-8-18-15/h2,4-5,10-12,15,18H,3,6-9H2,1H3. The van der Waals surface area contributed by atoms with Crippen molar-refractivity contribution in [3.8, 4) is 5.75 Å². The normalized spacial score (nSPS) is 18.4. The Morgan fingerprint density at radius 3 is 3.20 bits per heavy atom. The molecule has 0 saturated carbocycles. The molecule has 1 fully saturated rings. The molecule has 0 radical (unpaired) electrons. The summed E-state index contributed by atoms with van der Waals surface area (Å²) in [7, 11) is 1.71. The summed E-state index contributed by atoms with van der Waals surface area (Å²) in [5.41, 5.74) is 2.61. The smallest absolute Gasteiger partial charge is 0.119 e. The fourth-order valence-corrected chi connectivity index (χ4v) is 2.82. The van der Waals surface area contributed by atoms with Crippen molar-refractivity contribution in [2.75, 3.05) is 13.7 Å². The Balaban J connectivity index is 1.67. The van der Waals surface area contributed by atoms with Gasteiger partial charge in [0, 0.05) is 18.8 Å². The van der Waals surface area contributed by atoms with Gasteiger partial charge in [-0.3, -0.25) is 0 Å². The Labute approximate surface area is 119 Å². The number of hydrogen-bond acceptors (Lipinski definition) is 3. The number of methoxy groups -OCH3 is 1. The molecule has 1 unspecified atom stereocenters. The third kappa shape index (κ3) is 2.85. The molecule has 4 nitrogen and oxygen atoms in total. The van der Waals surface area contributed by atoms with Gasteiger partial charge in [-0.05, 0) is 43.5 Å². The lowest BCUT2D eigenvalue weighted by Gasteiger charge is -2.14. The van der Waals surface area contributed by atoms with Crippen LogP contribution in [0.25, 0.3) is 0 Å². The van der Waals surface area contributed by atoms with Crippen molar-refractivity contribution < 1.29 is 4.74 Å². The van der Waals surface area contributed by atoms with E-state index in [1.54, 1.807) is 7.11 Å². The minimum atomic E-state index is 0.475. The number of imidazole rings is 1. The Morgan fingerprint density at radius 2 is 2.40 bits per heavy atom. The van der Waals surface area contributed by atoms with E-state index < -0.39 is 0 Å². The van der Waals surface area contributed by atoms with E-state index in [9.17, 15) is 0 Å². The summed E-state index contributed by atoms with van der Waals surface area (Å²) in [6.45, 7) is 2.08. The summed E-state index contributed by atoms with van der Waals surface area (Å²) in [5.74, 6) is 0.922. The zero-order valence-electron chi connectivity index (χ0n) is 11.9. The number of ether oxygens (including phenoxy) is 1. The van der Waals surface area contributed by atoms with Gasteiger partial charge in [0.2, 0.25) is 0 Å². The Kier molecular flexibility index (Phi) is 4.02. The van der Waals surface area contributed by atoms with E-state index >= 15 is 0 Å². The highest BCUT2D eigenvalue weighted by atomic mass is 16.5. The largest absolute Gasteiger partial charge is 0.497 e. The summed E-state index contributed by atoms with van der Waals surface area (Å²) in [6, 6.07) is 8.75. The average molecular weight is 271 g/mol. The van der Waals surface area contributed by atoms with Gasteiger partial charge >= 0.3 is 0 Å². The van der Waals surface area contributed by atoms with Gasteiger partial charge in [0.1, 0.15) is 5.75 Å². The molecule has 1 N–H and O–H groups in total. The predicted octanol–water partition coefficient (Wildman–Crippen LogP) is 2.56. The monoisotopic (exact) mass is 271 g/mol. The van der Waals surface area contributed by atoms with Crippen LogP contribution in [0.2, 0.25) is 0 Å². The molecule has 2 heterocycles.